The maximum Gasteiger partial charge on any atom is 0.142 e. The van der Waals surface area contributed by atoms with E-state index in [0.717, 1.165) is 0 Å². The molecule has 0 fully saturated rings. The van der Waals surface area contributed by atoms with E-state index in [4.69, 9.17) is 43.6 Å². The number of nitrogens with two attached hydrogens (primary N) is 1. The standard InChI is InChI=1S/C21H37NO8/c1-23-6-7-24-8-9-25-10-11-26-12-13-27-14-15-28-16-17-29-18-19-30-21-5-3-2-4-20(21)22/h2-5H,6-19,22H2,1H3. The monoisotopic (exact) mass is 431 g/mol. The van der Waals surface area contributed by atoms with Gasteiger partial charge in [0.2, 0.25) is 0 Å². The summed E-state index contributed by atoms with van der Waals surface area (Å²) in [7, 11) is 1.65. The van der Waals surface area contributed by atoms with Gasteiger partial charge in [-0.25, -0.2) is 0 Å². The third-order valence-electron chi connectivity index (χ3n) is 3.70. The third kappa shape index (κ3) is 16.3. The van der Waals surface area contributed by atoms with Crippen LogP contribution in [0.25, 0.3) is 0 Å². The first-order valence-corrected chi connectivity index (χ1v) is 10.3. The highest BCUT2D eigenvalue weighted by atomic mass is 16.6. The molecule has 9 nitrogen and oxygen atoms in total. The summed E-state index contributed by atoms with van der Waals surface area (Å²) in [5.41, 5.74) is 6.42. The highest BCUT2D eigenvalue weighted by Crippen LogP contribution is 2.19. The molecule has 0 aliphatic heterocycles. The number of rotatable bonds is 22. The lowest BCUT2D eigenvalue weighted by Gasteiger charge is -2.09. The second-order valence-electron chi connectivity index (χ2n) is 6.05. The van der Waals surface area contributed by atoms with Crippen LogP contribution in [0.15, 0.2) is 24.3 Å². The van der Waals surface area contributed by atoms with Gasteiger partial charge in [-0.05, 0) is 12.1 Å². The molecule has 0 saturated heterocycles. The number of benzene rings is 1. The summed E-state index contributed by atoms with van der Waals surface area (Å²) in [5.74, 6) is 0.675. The van der Waals surface area contributed by atoms with E-state index >= 15 is 0 Å². The smallest absolute Gasteiger partial charge is 0.142 e. The normalized spacial score (nSPS) is 11.1. The van der Waals surface area contributed by atoms with Crippen LogP contribution in [0.3, 0.4) is 0 Å². The summed E-state index contributed by atoms with van der Waals surface area (Å²) in [5, 5.41) is 0. The molecule has 0 unspecified atom stereocenters. The third-order valence-corrected chi connectivity index (χ3v) is 3.70. The van der Waals surface area contributed by atoms with Gasteiger partial charge in [0.1, 0.15) is 12.4 Å². The number of methoxy groups -OCH3 is 1. The number of anilines is 1. The predicted octanol–water partition coefficient (Wildman–Crippen LogP) is 1.39. The van der Waals surface area contributed by atoms with E-state index in [2.05, 4.69) is 0 Å². The van der Waals surface area contributed by atoms with Gasteiger partial charge in [0, 0.05) is 7.11 Å². The molecule has 9 heteroatoms. The van der Waals surface area contributed by atoms with Crippen LogP contribution in [-0.4, -0.2) is 99.6 Å². The van der Waals surface area contributed by atoms with E-state index in [1.54, 1.807) is 13.2 Å². The summed E-state index contributed by atoms with van der Waals surface area (Å²) >= 11 is 0. The number of para-hydroxylation sites is 2. The lowest BCUT2D eigenvalue weighted by atomic mass is 10.3. The molecule has 1 aromatic carbocycles. The maximum atomic E-state index is 5.79. The van der Waals surface area contributed by atoms with Gasteiger partial charge in [-0.3, -0.25) is 0 Å². The fourth-order valence-electron chi connectivity index (χ4n) is 2.17. The number of hydrogen-bond acceptors (Lipinski definition) is 9. The molecule has 0 saturated carbocycles. The zero-order valence-corrected chi connectivity index (χ0v) is 18.1. The number of nitrogen functional groups attached to an aromatic ring is 1. The van der Waals surface area contributed by atoms with E-state index in [0.29, 0.717) is 104 Å². The van der Waals surface area contributed by atoms with Crippen molar-refractivity contribution >= 4 is 5.69 Å². The van der Waals surface area contributed by atoms with Crippen molar-refractivity contribution in [2.24, 2.45) is 0 Å². The van der Waals surface area contributed by atoms with Crippen LogP contribution < -0.4 is 10.5 Å². The lowest BCUT2D eigenvalue weighted by Crippen LogP contribution is -2.15. The molecule has 0 radical (unpaired) electrons. The Morgan fingerprint density at radius 1 is 0.533 bits per heavy atom. The Morgan fingerprint density at radius 3 is 1.30 bits per heavy atom. The Kier molecular flexibility index (Phi) is 18.4. The second-order valence-corrected chi connectivity index (χ2v) is 6.05. The summed E-state index contributed by atoms with van der Waals surface area (Å²) < 4.78 is 42.8. The first-order valence-electron chi connectivity index (χ1n) is 10.3. The van der Waals surface area contributed by atoms with Gasteiger partial charge < -0.3 is 43.6 Å². The van der Waals surface area contributed by atoms with Gasteiger partial charge in [-0.15, -0.1) is 0 Å². The highest BCUT2D eigenvalue weighted by Gasteiger charge is 1.98. The zero-order valence-electron chi connectivity index (χ0n) is 18.1. The van der Waals surface area contributed by atoms with Gasteiger partial charge >= 0.3 is 0 Å². The largest absolute Gasteiger partial charge is 0.489 e. The fraction of sp³-hybridized carbons (Fsp3) is 0.714. The SMILES string of the molecule is COCCOCCOCCOCCOCCOCCOCCOc1ccccc1N. The quantitative estimate of drug-likeness (QED) is 0.216. The molecule has 30 heavy (non-hydrogen) atoms. The van der Waals surface area contributed by atoms with Crippen LogP contribution in [-0.2, 0) is 33.2 Å². The molecule has 0 heterocycles. The Bertz CT molecular complexity index is 492. The summed E-state index contributed by atoms with van der Waals surface area (Å²) in [6.45, 7) is 7.44. The summed E-state index contributed by atoms with van der Waals surface area (Å²) in [6, 6.07) is 7.38. The molecular formula is C21H37NO8. The van der Waals surface area contributed by atoms with Crippen LogP contribution >= 0.6 is 0 Å². The van der Waals surface area contributed by atoms with Crippen LogP contribution in [0.5, 0.6) is 5.75 Å². The van der Waals surface area contributed by atoms with E-state index in [-0.39, 0.29) is 0 Å². The van der Waals surface area contributed by atoms with Crippen LogP contribution in [0, 0.1) is 0 Å². The molecule has 1 rings (SSSR count). The van der Waals surface area contributed by atoms with Gasteiger partial charge in [0.05, 0.1) is 91.6 Å². The lowest BCUT2D eigenvalue weighted by molar-refractivity contribution is -0.0199. The van der Waals surface area contributed by atoms with E-state index in [9.17, 15) is 0 Å². The fourth-order valence-corrected chi connectivity index (χ4v) is 2.17. The highest BCUT2D eigenvalue weighted by molar-refractivity contribution is 5.51. The molecule has 1 aromatic rings. The van der Waals surface area contributed by atoms with Crippen LogP contribution in [0.1, 0.15) is 0 Å². The maximum absolute atomic E-state index is 5.79. The topological polar surface area (TPSA) is 99.9 Å². The average Bonchev–Trinajstić information content (AvgIpc) is 2.76. The minimum Gasteiger partial charge on any atom is -0.489 e. The molecule has 174 valence electrons. The Labute approximate surface area is 179 Å². The number of ether oxygens (including phenoxy) is 8. The van der Waals surface area contributed by atoms with Gasteiger partial charge in [-0.1, -0.05) is 12.1 Å². The van der Waals surface area contributed by atoms with Crippen LogP contribution in [0.4, 0.5) is 5.69 Å². The average molecular weight is 432 g/mol. The minimum absolute atomic E-state index is 0.449. The van der Waals surface area contributed by atoms with Crippen molar-refractivity contribution in [1.29, 1.82) is 0 Å². The first kappa shape index (κ1) is 26.6. The Morgan fingerprint density at radius 2 is 0.900 bits per heavy atom. The van der Waals surface area contributed by atoms with Crippen molar-refractivity contribution in [1.82, 2.24) is 0 Å². The molecule has 2 N–H and O–H groups in total. The Hall–Kier alpha value is -1.46. The van der Waals surface area contributed by atoms with Crippen molar-refractivity contribution in [2.75, 3.05) is 105 Å². The minimum atomic E-state index is 0.449. The first-order chi connectivity index (χ1) is 14.8. The second kappa shape index (κ2) is 20.8. The van der Waals surface area contributed by atoms with E-state index < -0.39 is 0 Å². The Balaban J connectivity index is 1.70. The van der Waals surface area contributed by atoms with Crippen molar-refractivity contribution < 1.29 is 37.9 Å². The molecular weight excluding hydrogens is 394 g/mol. The molecule has 0 bridgehead atoms. The van der Waals surface area contributed by atoms with E-state index in [1.165, 1.54) is 0 Å². The van der Waals surface area contributed by atoms with Gasteiger partial charge in [0.15, 0.2) is 0 Å². The number of hydrogen-bond donors (Lipinski definition) is 1. The van der Waals surface area contributed by atoms with Crippen molar-refractivity contribution in [3.63, 3.8) is 0 Å². The van der Waals surface area contributed by atoms with Crippen molar-refractivity contribution in [2.45, 2.75) is 0 Å². The van der Waals surface area contributed by atoms with Crippen LogP contribution in [0.2, 0.25) is 0 Å². The summed E-state index contributed by atoms with van der Waals surface area (Å²) in [6.07, 6.45) is 0. The molecule has 0 atom stereocenters. The predicted molar refractivity (Wildman–Crippen MR) is 113 cm³/mol. The summed E-state index contributed by atoms with van der Waals surface area (Å²) in [4.78, 5) is 0. The molecule has 0 aliphatic carbocycles. The molecule has 0 aromatic heterocycles. The van der Waals surface area contributed by atoms with Crippen molar-refractivity contribution in [3.8, 4) is 5.75 Å². The zero-order chi connectivity index (χ0) is 21.5. The van der Waals surface area contributed by atoms with Crippen molar-refractivity contribution in [3.05, 3.63) is 24.3 Å². The van der Waals surface area contributed by atoms with Gasteiger partial charge in [0.25, 0.3) is 0 Å². The van der Waals surface area contributed by atoms with E-state index in [1.807, 2.05) is 18.2 Å². The molecule has 0 aliphatic rings. The molecule has 0 amide bonds. The molecule has 0 spiro atoms. The van der Waals surface area contributed by atoms with Gasteiger partial charge in [-0.2, -0.15) is 0 Å².